The van der Waals surface area contributed by atoms with Crippen LogP contribution in [-0.4, -0.2) is 34.6 Å². The van der Waals surface area contributed by atoms with Gasteiger partial charge in [0.25, 0.3) is 0 Å². The third kappa shape index (κ3) is 3.51. The Morgan fingerprint density at radius 2 is 1.59 bits per heavy atom. The molecule has 0 radical (unpaired) electrons. The predicted molar refractivity (Wildman–Crippen MR) is 167 cm³/mol. The molecule has 0 spiro atoms. The van der Waals surface area contributed by atoms with Gasteiger partial charge >= 0.3 is 5.97 Å². The number of allylic oxidation sites excluding steroid dienone is 4. The number of rotatable bonds is 4. The second kappa shape index (κ2) is 8.84. The number of carboxylic acids is 1. The van der Waals surface area contributed by atoms with Crippen LogP contribution in [0.25, 0.3) is 0 Å². The van der Waals surface area contributed by atoms with Crippen molar-refractivity contribution in [3.8, 4) is 0 Å². The molecule has 0 aromatic heterocycles. The molecule has 4 saturated carbocycles. The van der Waals surface area contributed by atoms with E-state index in [2.05, 4.69) is 82.9 Å². The Kier molecular flexibility index (Phi) is 6.02. The van der Waals surface area contributed by atoms with Crippen molar-refractivity contribution in [2.75, 3.05) is 13.1 Å². The highest BCUT2D eigenvalue weighted by atomic mass is 16.4. The third-order valence-corrected chi connectivity index (χ3v) is 15.0. The van der Waals surface area contributed by atoms with E-state index in [1.165, 1.54) is 76.4 Å². The molecule has 5 fully saturated rings. The maximum absolute atomic E-state index is 11.8. The summed E-state index contributed by atoms with van der Waals surface area (Å²) in [5.74, 6) is 1.99. The lowest BCUT2D eigenvalue weighted by atomic mass is 9.32. The van der Waals surface area contributed by atoms with Crippen molar-refractivity contribution in [1.29, 1.82) is 0 Å². The molecule has 1 N–H and O–H groups in total. The molecule has 1 heterocycles. The molecule has 1 unspecified atom stereocenters. The van der Waals surface area contributed by atoms with Crippen molar-refractivity contribution in [3.63, 3.8) is 0 Å². The summed E-state index contributed by atoms with van der Waals surface area (Å²) in [6.07, 6.45) is 21.8. The minimum atomic E-state index is -0.831. The number of nitrogens with zero attached hydrogens (tertiary/aromatic N) is 1. The van der Waals surface area contributed by atoms with E-state index >= 15 is 0 Å². The molecule has 222 valence electrons. The lowest BCUT2D eigenvalue weighted by Crippen LogP contribution is -2.68. The zero-order valence-corrected chi connectivity index (χ0v) is 26.5. The van der Waals surface area contributed by atoms with Crippen LogP contribution in [0.2, 0.25) is 0 Å². The standard InChI is InChI=1S/C38H53NO2/c1-7-16-37(27-11-9-26(10-12-27)32(40)41)21-23-38(39-24-25-39)22-20-35(5)28(31(37)38)13-14-30-34(4)18-8-17-33(2,3)29(34)15-19-36(30,35)6/h7-12,16-17,28-31H,13-15,18-25H2,1-6H3,(H,40,41)/t28?,29-,30-,31-,34+,35-,36-,37-,38+/m1/s1. The molecule has 1 saturated heterocycles. The van der Waals surface area contributed by atoms with Crippen LogP contribution in [0.1, 0.15) is 115 Å². The average Bonchev–Trinajstić information content (AvgIpc) is 3.72. The predicted octanol–water partition coefficient (Wildman–Crippen LogP) is 8.90. The first-order chi connectivity index (χ1) is 19.4. The van der Waals surface area contributed by atoms with Crippen molar-refractivity contribution in [2.45, 2.75) is 110 Å². The highest BCUT2D eigenvalue weighted by Crippen LogP contribution is 2.77. The smallest absolute Gasteiger partial charge is 0.335 e. The van der Waals surface area contributed by atoms with Gasteiger partial charge in [-0.05, 0) is 128 Å². The van der Waals surface area contributed by atoms with E-state index in [1.54, 1.807) is 0 Å². The van der Waals surface area contributed by atoms with E-state index in [1.807, 2.05) is 12.1 Å². The highest BCUT2D eigenvalue weighted by molar-refractivity contribution is 5.87. The van der Waals surface area contributed by atoms with E-state index in [4.69, 9.17) is 0 Å². The molecular weight excluding hydrogens is 502 g/mol. The summed E-state index contributed by atoms with van der Waals surface area (Å²) in [4.78, 5) is 14.6. The molecule has 5 aliphatic carbocycles. The van der Waals surface area contributed by atoms with Gasteiger partial charge in [0, 0.05) is 24.0 Å². The Bertz CT molecular complexity index is 1290. The molecule has 3 nitrogen and oxygen atoms in total. The molecule has 9 atom stereocenters. The van der Waals surface area contributed by atoms with Crippen LogP contribution < -0.4 is 0 Å². The average molecular weight is 556 g/mol. The summed E-state index contributed by atoms with van der Waals surface area (Å²) in [6, 6.07) is 8.07. The quantitative estimate of drug-likeness (QED) is 0.298. The van der Waals surface area contributed by atoms with Crippen LogP contribution >= 0.6 is 0 Å². The molecule has 7 rings (SSSR count). The lowest BCUT2D eigenvalue weighted by Gasteiger charge is -2.72. The van der Waals surface area contributed by atoms with E-state index in [-0.39, 0.29) is 11.0 Å². The number of carboxylic acid groups (broad SMARTS) is 1. The zero-order chi connectivity index (χ0) is 29.1. The monoisotopic (exact) mass is 555 g/mol. The summed E-state index contributed by atoms with van der Waals surface area (Å²) >= 11 is 0. The van der Waals surface area contributed by atoms with E-state index < -0.39 is 5.97 Å². The van der Waals surface area contributed by atoms with Gasteiger partial charge in [-0.2, -0.15) is 0 Å². The maximum atomic E-state index is 11.8. The first-order valence-corrected chi connectivity index (χ1v) is 16.8. The first-order valence-electron chi connectivity index (χ1n) is 16.8. The molecule has 0 amide bonds. The summed E-state index contributed by atoms with van der Waals surface area (Å²) in [5, 5.41) is 9.66. The third-order valence-electron chi connectivity index (χ3n) is 15.0. The second-order valence-corrected chi connectivity index (χ2v) is 16.6. The Balaban J connectivity index is 1.35. The van der Waals surface area contributed by atoms with Crippen molar-refractivity contribution in [1.82, 2.24) is 4.90 Å². The van der Waals surface area contributed by atoms with Gasteiger partial charge in [-0.15, -0.1) is 0 Å². The van der Waals surface area contributed by atoms with E-state index in [9.17, 15) is 9.90 Å². The fourth-order valence-corrected chi connectivity index (χ4v) is 13.1. The topological polar surface area (TPSA) is 40.3 Å². The Morgan fingerprint density at radius 3 is 2.24 bits per heavy atom. The molecule has 1 aromatic carbocycles. The normalized spacial score (nSPS) is 48.2. The van der Waals surface area contributed by atoms with Gasteiger partial charge in [0.2, 0.25) is 0 Å². The van der Waals surface area contributed by atoms with Gasteiger partial charge in [0.15, 0.2) is 0 Å². The van der Waals surface area contributed by atoms with Crippen LogP contribution in [-0.2, 0) is 5.41 Å². The molecule has 0 bridgehead atoms. The van der Waals surface area contributed by atoms with Gasteiger partial charge in [0.1, 0.15) is 0 Å². The second-order valence-electron chi connectivity index (χ2n) is 16.6. The van der Waals surface area contributed by atoms with Crippen molar-refractivity contribution < 1.29 is 9.90 Å². The van der Waals surface area contributed by atoms with Gasteiger partial charge in [-0.25, -0.2) is 4.79 Å². The summed E-state index contributed by atoms with van der Waals surface area (Å²) in [6.45, 7) is 17.9. The Hall–Kier alpha value is -1.87. The fourth-order valence-electron chi connectivity index (χ4n) is 13.1. The SMILES string of the molecule is CC=C[C@]1(c2ccc(C(=O)O)cc2)CC[C@@]2(N3CC3)CC[C@]3(C)C(CC[C@@H]4[C@@]5(C)CC=CC(C)(C)[C@H]5CC[C@]43C)[C@@H]21. The molecule has 1 aromatic rings. The van der Waals surface area contributed by atoms with Crippen molar-refractivity contribution in [3.05, 3.63) is 59.7 Å². The molecule has 3 heteroatoms. The van der Waals surface area contributed by atoms with Gasteiger partial charge in [-0.3, -0.25) is 4.90 Å². The Morgan fingerprint density at radius 1 is 0.878 bits per heavy atom. The lowest BCUT2D eigenvalue weighted by molar-refractivity contribution is -0.225. The zero-order valence-electron chi connectivity index (χ0n) is 26.5. The minimum Gasteiger partial charge on any atom is -0.478 e. The minimum absolute atomic E-state index is 0.0272. The molecular formula is C38H53NO2. The number of aromatic carboxylic acids is 1. The van der Waals surface area contributed by atoms with Crippen LogP contribution in [0.3, 0.4) is 0 Å². The summed E-state index contributed by atoms with van der Waals surface area (Å²) < 4.78 is 0. The first kappa shape index (κ1) is 27.9. The fraction of sp³-hybridized carbons (Fsp3) is 0.711. The van der Waals surface area contributed by atoms with Crippen molar-refractivity contribution in [2.24, 2.45) is 45.3 Å². The number of carbonyl (C=O) groups is 1. The summed E-state index contributed by atoms with van der Waals surface area (Å²) in [7, 11) is 0. The Labute approximate surface area is 248 Å². The number of hydrogen-bond donors (Lipinski definition) is 1. The van der Waals surface area contributed by atoms with Crippen molar-refractivity contribution >= 4 is 5.97 Å². The van der Waals surface area contributed by atoms with Crippen LogP contribution in [0.5, 0.6) is 0 Å². The number of hydrogen-bond acceptors (Lipinski definition) is 2. The number of fused-ring (bicyclic) bond motifs is 7. The highest BCUT2D eigenvalue weighted by Gasteiger charge is 2.73. The number of benzene rings is 1. The molecule has 41 heavy (non-hydrogen) atoms. The van der Waals surface area contributed by atoms with Gasteiger partial charge < -0.3 is 5.11 Å². The largest absolute Gasteiger partial charge is 0.478 e. The van der Waals surface area contributed by atoms with Crippen LogP contribution in [0, 0.1) is 45.3 Å². The van der Waals surface area contributed by atoms with Crippen LogP contribution in [0.4, 0.5) is 0 Å². The molecule has 6 aliphatic rings. The molecule has 1 aliphatic heterocycles. The maximum Gasteiger partial charge on any atom is 0.335 e. The summed E-state index contributed by atoms with van der Waals surface area (Å²) in [5.41, 5.74) is 3.35. The van der Waals surface area contributed by atoms with E-state index in [0.717, 1.165) is 11.8 Å². The van der Waals surface area contributed by atoms with E-state index in [0.29, 0.717) is 39.1 Å². The van der Waals surface area contributed by atoms with Crippen LogP contribution in [0.15, 0.2) is 48.6 Å². The van der Waals surface area contributed by atoms with Gasteiger partial charge in [0.05, 0.1) is 5.56 Å². The van der Waals surface area contributed by atoms with Gasteiger partial charge in [-0.1, -0.05) is 71.1 Å².